The van der Waals surface area contributed by atoms with Gasteiger partial charge in [-0.05, 0) is 90.4 Å². The Balaban J connectivity index is 1.23. The topological polar surface area (TPSA) is 87.1 Å². The van der Waals surface area contributed by atoms with E-state index < -0.39 is 12.1 Å². The first-order valence-electron chi connectivity index (χ1n) is 14.0. The molecular weight excluding hydrogens is 537 g/mol. The number of hydrogen-bond donors (Lipinski definition) is 1. The maximum atomic E-state index is 15.3. The van der Waals surface area contributed by atoms with Crippen molar-refractivity contribution < 1.29 is 33.2 Å². The van der Waals surface area contributed by atoms with E-state index in [2.05, 4.69) is 4.98 Å². The Hall–Kier alpha value is -4.59. The summed E-state index contributed by atoms with van der Waals surface area (Å²) in [5.41, 5.74) is 7.53. The molecule has 1 N–H and O–H groups in total. The number of pyridine rings is 1. The third kappa shape index (κ3) is 5.36. The van der Waals surface area contributed by atoms with Gasteiger partial charge in [0.2, 0.25) is 5.88 Å². The maximum Gasteiger partial charge on any atom is 0.304 e. The fraction of sp³-hybridized carbons (Fsp3) is 0.294. The monoisotopic (exact) mass is 569 g/mol. The normalized spacial score (nSPS) is 16.9. The van der Waals surface area contributed by atoms with Crippen molar-refractivity contribution in [3.63, 3.8) is 0 Å². The van der Waals surface area contributed by atoms with Gasteiger partial charge in [0.25, 0.3) is 0 Å². The predicted molar refractivity (Wildman–Crippen MR) is 155 cm³/mol. The molecular formula is C34H32FNO6. The Morgan fingerprint density at radius 2 is 1.88 bits per heavy atom. The van der Waals surface area contributed by atoms with Crippen molar-refractivity contribution in [2.24, 2.45) is 0 Å². The number of nitrogens with zero attached hydrogens (tertiary/aromatic N) is 1. The summed E-state index contributed by atoms with van der Waals surface area (Å²) >= 11 is 0. The van der Waals surface area contributed by atoms with Gasteiger partial charge >= 0.3 is 5.97 Å². The van der Waals surface area contributed by atoms with Crippen LogP contribution in [0.5, 0.6) is 23.1 Å². The minimum absolute atomic E-state index is 0.0170. The van der Waals surface area contributed by atoms with Crippen molar-refractivity contribution in [3.8, 4) is 34.3 Å². The number of fused-ring (bicyclic) bond motifs is 2. The van der Waals surface area contributed by atoms with Crippen molar-refractivity contribution in [1.82, 2.24) is 4.98 Å². The Labute approximate surface area is 243 Å². The highest BCUT2D eigenvalue weighted by atomic mass is 19.1. The van der Waals surface area contributed by atoms with Crippen LogP contribution in [-0.2, 0) is 17.8 Å². The number of aromatic nitrogens is 1. The van der Waals surface area contributed by atoms with Crippen LogP contribution < -0.4 is 18.9 Å². The van der Waals surface area contributed by atoms with Gasteiger partial charge in [0.05, 0.1) is 20.1 Å². The van der Waals surface area contributed by atoms with Gasteiger partial charge in [-0.3, -0.25) is 4.79 Å². The molecule has 1 aromatic heterocycles. The smallest absolute Gasteiger partial charge is 0.304 e. The molecule has 0 saturated carbocycles. The lowest BCUT2D eigenvalue weighted by Gasteiger charge is -2.19. The molecule has 42 heavy (non-hydrogen) atoms. The third-order valence-electron chi connectivity index (χ3n) is 8.04. The SMILES string of the molecule is COc1cc(COc2cc(C)c(-c3ccc(F)c4c3CCC4Oc3ccc4c(c3)OCC4CC(=O)O)c(C)c2)ccn1. The van der Waals surface area contributed by atoms with E-state index in [9.17, 15) is 9.90 Å². The van der Waals surface area contributed by atoms with Crippen LogP contribution in [0.3, 0.4) is 0 Å². The number of rotatable bonds is 9. The number of halogens is 1. The number of aliphatic carboxylic acids is 1. The Morgan fingerprint density at radius 3 is 2.64 bits per heavy atom. The van der Waals surface area contributed by atoms with Crippen molar-refractivity contribution in [2.45, 2.75) is 51.7 Å². The Bertz CT molecular complexity index is 1650. The van der Waals surface area contributed by atoms with Crippen LogP contribution in [0.4, 0.5) is 4.39 Å². The van der Waals surface area contributed by atoms with Gasteiger partial charge in [-0.25, -0.2) is 9.37 Å². The number of aryl methyl sites for hydroxylation is 2. The standard InChI is InChI=1S/C34H32FNO6/c1-19-12-24(40-17-21-10-11-36-31(14-21)39-3)13-20(2)33(19)26-6-8-28(35)34-27(26)7-9-29(34)42-23-4-5-25-22(15-32(37)38)18-41-30(25)16-23/h4-6,8,10-14,16,22,29H,7,9,15,17-18H2,1-3H3,(H,37,38). The zero-order chi connectivity index (χ0) is 29.4. The average Bonchev–Trinajstić information content (AvgIpc) is 3.57. The van der Waals surface area contributed by atoms with E-state index in [1.54, 1.807) is 19.4 Å². The van der Waals surface area contributed by atoms with Crippen LogP contribution in [0.1, 0.15) is 58.2 Å². The highest BCUT2D eigenvalue weighted by molar-refractivity contribution is 5.76. The molecule has 7 nitrogen and oxygen atoms in total. The molecule has 4 aromatic rings. The summed E-state index contributed by atoms with van der Waals surface area (Å²) in [5.74, 6) is 1.19. The van der Waals surface area contributed by atoms with E-state index in [1.165, 1.54) is 6.07 Å². The predicted octanol–water partition coefficient (Wildman–Crippen LogP) is 7.11. The van der Waals surface area contributed by atoms with Gasteiger partial charge < -0.3 is 24.1 Å². The van der Waals surface area contributed by atoms with Gasteiger partial charge in [-0.15, -0.1) is 0 Å². The lowest BCUT2D eigenvalue weighted by Crippen LogP contribution is -2.07. The number of methoxy groups -OCH3 is 1. The average molecular weight is 570 g/mol. The van der Waals surface area contributed by atoms with E-state index in [0.29, 0.717) is 49.0 Å². The molecule has 1 aliphatic carbocycles. The third-order valence-corrected chi connectivity index (χ3v) is 8.04. The van der Waals surface area contributed by atoms with E-state index >= 15 is 4.39 Å². The first-order valence-corrected chi connectivity index (χ1v) is 14.0. The van der Waals surface area contributed by atoms with Crippen LogP contribution in [0.15, 0.2) is 60.8 Å². The van der Waals surface area contributed by atoms with Crippen molar-refractivity contribution in [1.29, 1.82) is 0 Å². The number of ether oxygens (including phenoxy) is 4. The molecule has 216 valence electrons. The Morgan fingerprint density at radius 1 is 1.07 bits per heavy atom. The zero-order valence-corrected chi connectivity index (χ0v) is 23.8. The highest BCUT2D eigenvalue weighted by Crippen LogP contribution is 2.45. The maximum absolute atomic E-state index is 15.3. The van der Waals surface area contributed by atoms with E-state index in [0.717, 1.165) is 44.7 Å². The lowest BCUT2D eigenvalue weighted by atomic mass is 9.90. The van der Waals surface area contributed by atoms with Crippen LogP contribution >= 0.6 is 0 Å². The number of carbonyl (C=O) groups is 1. The summed E-state index contributed by atoms with van der Waals surface area (Å²) in [6.45, 7) is 4.81. The minimum Gasteiger partial charge on any atom is -0.492 e. The second-order valence-electron chi connectivity index (χ2n) is 10.9. The highest BCUT2D eigenvalue weighted by Gasteiger charge is 2.32. The number of benzene rings is 3. The van der Waals surface area contributed by atoms with E-state index in [4.69, 9.17) is 18.9 Å². The van der Waals surface area contributed by atoms with Gasteiger partial charge in [0, 0.05) is 35.4 Å². The molecule has 0 saturated heterocycles. The van der Waals surface area contributed by atoms with Gasteiger partial charge in [0.15, 0.2) is 0 Å². The van der Waals surface area contributed by atoms with E-state index in [1.807, 2.05) is 56.3 Å². The molecule has 2 aliphatic rings. The first-order chi connectivity index (χ1) is 20.3. The quantitative estimate of drug-likeness (QED) is 0.230. The first kappa shape index (κ1) is 27.6. The summed E-state index contributed by atoms with van der Waals surface area (Å²) in [5, 5.41) is 9.17. The van der Waals surface area contributed by atoms with E-state index in [-0.39, 0.29) is 18.2 Å². The molecule has 2 atom stereocenters. The zero-order valence-electron chi connectivity index (χ0n) is 23.8. The lowest BCUT2D eigenvalue weighted by molar-refractivity contribution is -0.137. The summed E-state index contributed by atoms with van der Waals surface area (Å²) in [4.78, 5) is 15.3. The number of carboxylic acids is 1. The van der Waals surface area contributed by atoms with Gasteiger partial charge in [-0.1, -0.05) is 12.1 Å². The number of carboxylic acid groups (broad SMARTS) is 1. The van der Waals surface area contributed by atoms with Gasteiger partial charge in [0.1, 0.15) is 35.8 Å². The molecule has 0 radical (unpaired) electrons. The minimum atomic E-state index is -0.857. The molecule has 0 amide bonds. The van der Waals surface area contributed by atoms with Crippen LogP contribution in [0, 0.1) is 19.7 Å². The second kappa shape index (κ2) is 11.4. The van der Waals surface area contributed by atoms with Crippen LogP contribution in [0.2, 0.25) is 0 Å². The fourth-order valence-electron chi connectivity index (χ4n) is 6.15. The largest absolute Gasteiger partial charge is 0.492 e. The molecule has 0 spiro atoms. The van der Waals surface area contributed by atoms with Crippen LogP contribution in [0.25, 0.3) is 11.1 Å². The van der Waals surface area contributed by atoms with Crippen molar-refractivity contribution in [3.05, 3.63) is 100.0 Å². The summed E-state index contributed by atoms with van der Waals surface area (Å²) in [6.07, 6.45) is 2.62. The molecule has 1 aliphatic heterocycles. The fourth-order valence-corrected chi connectivity index (χ4v) is 6.15. The molecule has 0 fully saturated rings. The summed E-state index contributed by atoms with van der Waals surface area (Å²) in [7, 11) is 1.58. The molecule has 6 rings (SSSR count). The number of hydrogen-bond acceptors (Lipinski definition) is 6. The molecule has 2 heterocycles. The summed E-state index contributed by atoms with van der Waals surface area (Å²) in [6, 6.07) is 16.6. The Kier molecular flexibility index (Phi) is 7.45. The van der Waals surface area contributed by atoms with Crippen molar-refractivity contribution >= 4 is 5.97 Å². The second-order valence-corrected chi connectivity index (χ2v) is 10.9. The van der Waals surface area contributed by atoms with Crippen molar-refractivity contribution in [2.75, 3.05) is 13.7 Å². The molecule has 2 unspecified atom stereocenters. The van der Waals surface area contributed by atoms with Gasteiger partial charge in [-0.2, -0.15) is 0 Å². The summed E-state index contributed by atoms with van der Waals surface area (Å²) < 4.78 is 38.7. The molecule has 0 bridgehead atoms. The van der Waals surface area contributed by atoms with Crippen LogP contribution in [-0.4, -0.2) is 29.8 Å². The molecule has 8 heteroatoms. The molecule has 3 aromatic carbocycles.